The molecule has 0 spiro atoms. The van der Waals surface area contributed by atoms with Crippen LogP contribution in [0.3, 0.4) is 0 Å². The number of rotatable bonds is 5. The molecule has 0 aliphatic rings. The van der Waals surface area contributed by atoms with Crippen molar-refractivity contribution in [3.8, 4) is 39.6 Å². The molecular formula is C34H24BN3O2. The molecule has 0 radical (unpaired) electrons. The smallest absolute Gasteiger partial charge is 0.423 e. The number of benzene rings is 5. The highest BCUT2D eigenvalue weighted by molar-refractivity contribution is 6.62. The fourth-order valence-electron chi connectivity index (χ4n) is 5.37. The summed E-state index contributed by atoms with van der Waals surface area (Å²) in [5.74, 6) is 0.671. The molecule has 0 aliphatic heterocycles. The Bertz CT molecular complexity index is 1910. The number of para-hydroxylation sites is 2. The van der Waals surface area contributed by atoms with Crippen molar-refractivity contribution in [2.45, 2.75) is 0 Å². The molecule has 0 fully saturated rings. The molecule has 0 saturated heterocycles. The lowest BCUT2D eigenvalue weighted by Crippen LogP contribution is -2.31. The van der Waals surface area contributed by atoms with E-state index < -0.39 is 7.12 Å². The molecule has 7 rings (SSSR count). The monoisotopic (exact) mass is 517 g/mol. The van der Waals surface area contributed by atoms with Crippen molar-refractivity contribution in [2.75, 3.05) is 0 Å². The molecule has 40 heavy (non-hydrogen) atoms. The lowest BCUT2D eigenvalue weighted by atomic mass is 9.79. The van der Waals surface area contributed by atoms with E-state index in [0.29, 0.717) is 11.3 Å². The van der Waals surface area contributed by atoms with Gasteiger partial charge in [-0.3, -0.25) is 0 Å². The lowest BCUT2D eigenvalue weighted by Gasteiger charge is -2.13. The number of nitrogens with zero attached hydrogens (tertiary/aromatic N) is 3. The highest BCUT2D eigenvalue weighted by Gasteiger charge is 2.21. The average molecular weight is 517 g/mol. The third kappa shape index (κ3) is 4.16. The predicted octanol–water partition coefficient (Wildman–Crippen LogP) is 6.25. The van der Waals surface area contributed by atoms with Gasteiger partial charge in [0.2, 0.25) is 0 Å². The fourth-order valence-corrected chi connectivity index (χ4v) is 5.37. The predicted molar refractivity (Wildman–Crippen MR) is 163 cm³/mol. The number of fused-ring (bicyclic) bond motifs is 3. The molecule has 2 aromatic heterocycles. The maximum Gasteiger partial charge on any atom is 0.490 e. The number of hydrogen-bond acceptors (Lipinski definition) is 4. The van der Waals surface area contributed by atoms with E-state index in [-0.39, 0.29) is 0 Å². The van der Waals surface area contributed by atoms with Crippen LogP contribution in [-0.2, 0) is 0 Å². The molecule has 0 aliphatic carbocycles. The SMILES string of the molecule is OB(O)c1cccc2c3ccccc3n(-c3ccc(-c4cc(-c5ccccc5)nc(-c5ccccc5)n4)cc3)c12. The summed E-state index contributed by atoms with van der Waals surface area (Å²) in [6.07, 6.45) is 0. The van der Waals surface area contributed by atoms with Crippen molar-refractivity contribution >= 4 is 34.4 Å². The van der Waals surface area contributed by atoms with E-state index in [0.717, 1.165) is 55.6 Å². The van der Waals surface area contributed by atoms with E-state index in [1.807, 2.05) is 91.0 Å². The van der Waals surface area contributed by atoms with Gasteiger partial charge >= 0.3 is 7.12 Å². The van der Waals surface area contributed by atoms with E-state index in [2.05, 4.69) is 41.0 Å². The van der Waals surface area contributed by atoms with Crippen molar-refractivity contribution in [3.63, 3.8) is 0 Å². The maximum absolute atomic E-state index is 10.2. The van der Waals surface area contributed by atoms with Crippen LogP contribution in [0.4, 0.5) is 0 Å². The van der Waals surface area contributed by atoms with Crippen LogP contribution in [0.15, 0.2) is 133 Å². The number of aromatic nitrogens is 3. The van der Waals surface area contributed by atoms with Crippen molar-refractivity contribution in [1.82, 2.24) is 14.5 Å². The molecule has 5 nitrogen and oxygen atoms in total. The first-order valence-electron chi connectivity index (χ1n) is 13.2. The molecule has 0 saturated carbocycles. The summed E-state index contributed by atoms with van der Waals surface area (Å²) >= 11 is 0. The minimum Gasteiger partial charge on any atom is -0.423 e. The van der Waals surface area contributed by atoms with Gasteiger partial charge in [-0.1, -0.05) is 109 Å². The van der Waals surface area contributed by atoms with Crippen LogP contribution >= 0.6 is 0 Å². The van der Waals surface area contributed by atoms with Gasteiger partial charge in [-0.05, 0) is 24.3 Å². The Hall–Kier alpha value is -5.04. The van der Waals surface area contributed by atoms with E-state index in [1.165, 1.54) is 0 Å². The van der Waals surface area contributed by atoms with Gasteiger partial charge in [-0.15, -0.1) is 0 Å². The average Bonchev–Trinajstić information content (AvgIpc) is 3.36. The quantitative estimate of drug-likeness (QED) is 0.265. The van der Waals surface area contributed by atoms with Gasteiger partial charge in [0, 0.05) is 38.6 Å². The molecule has 190 valence electrons. The Kier molecular flexibility index (Phi) is 5.97. The van der Waals surface area contributed by atoms with Crippen LogP contribution in [-0.4, -0.2) is 31.7 Å². The summed E-state index contributed by atoms with van der Waals surface area (Å²) in [6, 6.07) is 44.1. The second kappa shape index (κ2) is 9.93. The minimum absolute atomic E-state index is 0.466. The topological polar surface area (TPSA) is 71.2 Å². The molecule has 7 aromatic rings. The number of hydrogen-bond donors (Lipinski definition) is 2. The second-order valence-electron chi connectivity index (χ2n) is 9.71. The Labute approximate surface area is 231 Å². The van der Waals surface area contributed by atoms with Gasteiger partial charge in [0.15, 0.2) is 5.82 Å². The highest BCUT2D eigenvalue weighted by atomic mass is 16.4. The standard InChI is InChI=1S/C34H24BN3O2/c39-35(40)29-16-9-15-28-27-14-7-8-17-32(27)38(33(28)29)26-20-18-24(19-21-26)31-22-30(23-10-3-1-4-11-23)36-34(37-31)25-12-5-2-6-13-25/h1-22,39-40H. The van der Waals surface area contributed by atoms with Gasteiger partial charge < -0.3 is 14.6 Å². The molecule has 6 heteroatoms. The van der Waals surface area contributed by atoms with Gasteiger partial charge in [0.05, 0.1) is 22.4 Å². The van der Waals surface area contributed by atoms with Crippen molar-refractivity contribution < 1.29 is 10.0 Å². The second-order valence-corrected chi connectivity index (χ2v) is 9.71. The van der Waals surface area contributed by atoms with Gasteiger partial charge in [0.25, 0.3) is 0 Å². The van der Waals surface area contributed by atoms with Crippen molar-refractivity contribution in [1.29, 1.82) is 0 Å². The summed E-state index contributed by atoms with van der Waals surface area (Å²) < 4.78 is 2.09. The van der Waals surface area contributed by atoms with Crippen LogP contribution in [0.1, 0.15) is 0 Å². The zero-order valence-corrected chi connectivity index (χ0v) is 21.5. The largest absolute Gasteiger partial charge is 0.490 e. The van der Waals surface area contributed by atoms with Crippen molar-refractivity contribution in [3.05, 3.63) is 133 Å². The van der Waals surface area contributed by atoms with Crippen LogP contribution in [0, 0.1) is 0 Å². The van der Waals surface area contributed by atoms with Crippen LogP contribution in [0.5, 0.6) is 0 Å². The summed E-state index contributed by atoms with van der Waals surface area (Å²) in [7, 11) is -1.58. The zero-order valence-electron chi connectivity index (χ0n) is 21.5. The van der Waals surface area contributed by atoms with Crippen LogP contribution in [0.2, 0.25) is 0 Å². The van der Waals surface area contributed by atoms with Crippen LogP contribution in [0.25, 0.3) is 61.4 Å². The molecule has 2 heterocycles. The van der Waals surface area contributed by atoms with Crippen molar-refractivity contribution in [2.24, 2.45) is 0 Å². The first kappa shape index (κ1) is 24.0. The van der Waals surface area contributed by atoms with Gasteiger partial charge in [0.1, 0.15) is 0 Å². The molecule has 0 bridgehead atoms. The van der Waals surface area contributed by atoms with E-state index in [4.69, 9.17) is 9.97 Å². The summed E-state index contributed by atoms with van der Waals surface area (Å²) in [6.45, 7) is 0. The van der Waals surface area contributed by atoms with Crippen LogP contribution < -0.4 is 5.46 Å². The normalized spacial score (nSPS) is 11.2. The molecule has 5 aromatic carbocycles. The van der Waals surface area contributed by atoms with E-state index in [1.54, 1.807) is 6.07 Å². The first-order valence-corrected chi connectivity index (χ1v) is 13.2. The Morgan fingerprint density at radius 2 is 1.10 bits per heavy atom. The summed E-state index contributed by atoms with van der Waals surface area (Å²) in [5, 5.41) is 22.4. The summed E-state index contributed by atoms with van der Waals surface area (Å²) in [4.78, 5) is 9.83. The van der Waals surface area contributed by atoms with E-state index in [9.17, 15) is 10.0 Å². The molecule has 2 N–H and O–H groups in total. The van der Waals surface area contributed by atoms with E-state index >= 15 is 0 Å². The summed E-state index contributed by atoms with van der Waals surface area (Å²) in [5.41, 5.74) is 7.80. The highest BCUT2D eigenvalue weighted by Crippen LogP contribution is 2.33. The third-order valence-electron chi connectivity index (χ3n) is 7.25. The molecular weight excluding hydrogens is 493 g/mol. The molecule has 0 atom stereocenters. The lowest BCUT2D eigenvalue weighted by molar-refractivity contribution is 0.426. The Morgan fingerprint density at radius 3 is 1.77 bits per heavy atom. The first-order chi connectivity index (χ1) is 19.7. The molecule has 0 unspecified atom stereocenters. The third-order valence-corrected chi connectivity index (χ3v) is 7.25. The minimum atomic E-state index is -1.58. The Morgan fingerprint density at radius 1 is 0.525 bits per heavy atom. The zero-order chi connectivity index (χ0) is 27.1. The van der Waals surface area contributed by atoms with Gasteiger partial charge in [-0.25, -0.2) is 9.97 Å². The van der Waals surface area contributed by atoms with Gasteiger partial charge in [-0.2, -0.15) is 0 Å². The Balaban J connectivity index is 1.39. The fraction of sp³-hybridized carbons (Fsp3) is 0. The molecule has 0 amide bonds. The maximum atomic E-state index is 10.2.